The van der Waals surface area contributed by atoms with Crippen LogP contribution in [0.4, 0.5) is 0 Å². The van der Waals surface area contributed by atoms with Crippen molar-refractivity contribution in [3.05, 3.63) is 40.4 Å². The number of halogens is 1. The summed E-state index contributed by atoms with van der Waals surface area (Å²) in [6, 6.07) is 5.42. The number of benzene rings is 1. The minimum absolute atomic E-state index is 0.376. The van der Waals surface area contributed by atoms with Gasteiger partial charge in [-0.3, -0.25) is 4.21 Å². The Morgan fingerprint density at radius 2 is 2.10 bits per heavy atom. The van der Waals surface area contributed by atoms with Gasteiger partial charge in [-0.05, 0) is 24.6 Å². The Labute approximate surface area is 125 Å². The van der Waals surface area contributed by atoms with E-state index in [1.165, 1.54) is 0 Å². The highest BCUT2D eigenvalue weighted by Crippen LogP contribution is 2.25. The topological polar surface area (TPSA) is 57.0 Å². The van der Waals surface area contributed by atoms with Crippen molar-refractivity contribution in [1.29, 1.82) is 0 Å². The molecule has 1 heterocycles. The van der Waals surface area contributed by atoms with Crippen molar-refractivity contribution in [2.45, 2.75) is 18.4 Å². The molecule has 0 aliphatic rings. The zero-order valence-corrected chi connectivity index (χ0v) is 13.2. The summed E-state index contributed by atoms with van der Waals surface area (Å²) in [6.07, 6.45) is 0. The number of nitrogens with zero attached hydrogens (tertiary/aromatic N) is 3. The van der Waals surface area contributed by atoms with Crippen LogP contribution < -0.4 is 4.74 Å². The normalized spacial score (nSPS) is 12.4. The van der Waals surface area contributed by atoms with E-state index in [0.29, 0.717) is 22.3 Å². The van der Waals surface area contributed by atoms with Crippen LogP contribution in [-0.4, -0.2) is 26.1 Å². The van der Waals surface area contributed by atoms with Crippen LogP contribution in [-0.2, 0) is 29.4 Å². The lowest BCUT2D eigenvalue weighted by molar-refractivity contribution is 0.415. The number of aryl methyl sites for hydroxylation is 1. The fourth-order valence-corrected chi connectivity index (χ4v) is 3.23. The van der Waals surface area contributed by atoms with E-state index in [9.17, 15) is 4.21 Å². The molecule has 7 heteroatoms. The van der Waals surface area contributed by atoms with E-state index in [-0.39, 0.29) is 0 Å². The Balaban J connectivity index is 2.05. The molecule has 20 heavy (non-hydrogen) atoms. The Morgan fingerprint density at radius 3 is 2.65 bits per heavy atom. The molecule has 0 aliphatic heterocycles. The minimum atomic E-state index is -1.06. The lowest BCUT2D eigenvalue weighted by atomic mass is 10.2. The molecule has 108 valence electrons. The van der Waals surface area contributed by atoms with Crippen molar-refractivity contribution in [2.24, 2.45) is 7.05 Å². The molecule has 0 spiro atoms. The summed E-state index contributed by atoms with van der Waals surface area (Å²) in [5.74, 6) is 2.95. The number of ether oxygens (including phenoxy) is 1. The monoisotopic (exact) mass is 313 g/mol. The van der Waals surface area contributed by atoms with Crippen LogP contribution in [0.25, 0.3) is 0 Å². The maximum atomic E-state index is 12.2. The summed E-state index contributed by atoms with van der Waals surface area (Å²) in [6.45, 7) is 1.86. The second-order valence-corrected chi connectivity index (χ2v) is 6.28. The fraction of sp³-hybridized carbons (Fsp3) is 0.385. The van der Waals surface area contributed by atoms with Crippen LogP contribution in [0.2, 0.25) is 5.02 Å². The first-order valence-electron chi connectivity index (χ1n) is 6.03. The van der Waals surface area contributed by atoms with Gasteiger partial charge in [0.25, 0.3) is 0 Å². The van der Waals surface area contributed by atoms with Crippen molar-refractivity contribution < 1.29 is 8.95 Å². The van der Waals surface area contributed by atoms with Gasteiger partial charge in [0.15, 0.2) is 0 Å². The van der Waals surface area contributed by atoms with Crippen molar-refractivity contribution in [3.63, 3.8) is 0 Å². The molecule has 1 atom stereocenters. The van der Waals surface area contributed by atoms with Crippen LogP contribution in [0.5, 0.6) is 5.75 Å². The number of hydrogen-bond donors (Lipinski definition) is 0. The third kappa shape index (κ3) is 3.37. The van der Waals surface area contributed by atoms with E-state index in [1.54, 1.807) is 19.2 Å². The Morgan fingerprint density at radius 1 is 1.35 bits per heavy atom. The zero-order chi connectivity index (χ0) is 14.7. The van der Waals surface area contributed by atoms with E-state index < -0.39 is 10.8 Å². The first-order chi connectivity index (χ1) is 9.51. The molecule has 0 radical (unpaired) electrons. The van der Waals surface area contributed by atoms with Gasteiger partial charge in [-0.1, -0.05) is 17.7 Å². The fourth-order valence-electron chi connectivity index (χ4n) is 1.76. The Bertz CT molecular complexity index is 643. The molecule has 0 N–H and O–H groups in total. The Kier molecular flexibility index (Phi) is 4.77. The van der Waals surface area contributed by atoms with Crippen LogP contribution in [0.15, 0.2) is 18.2 Å². The maximum Gasteiger partial charge on any atom is 0.145 e. The SMILES string of the molecule is COc1ccc(C[S@](=O)Cc2nnc(C)n2C)cc1Cl. The van der Waals surface area contributed by atoms with Gasteiger partial charge in [0.05, 0.1) is 17.9 Å². The van der Waals surface area contributed by atoms with E-state index in [2.05, 4.69) is 10.2 Å². The second-order valence-electron chi connectivity index (χ2n) is 4.42. The quantitative estimate of drug-likeness (QED) is 0.849. The predicted molar refractivity (Wildman–Crippen MR) is 79.3 cm³/mol. The molecular formula is C13H16ClN3O2S. The highest BCUT2D eigenvalue weighted by molar-refractivity contribution is 7.83. The summed E-state index contributed by atoms with van der Waals surface area (Å²) in [7, 11) is 2.37. The highest BCUT2D eigenvalue weighted by Gasteiger charge is 2.11. The average molecular weight is 314 g/mol. The molecule has 0 amide bonds. The molecule has 1 aromatic carbocycles. The van der Waals surface area contributed by atoms with E-state index in [4.69, 9.17) is 16.3 Å². The molecule has 0 saturated carbocycles. The second kappa shape index (κ2) is 6.37. The molecule has 0 unspecified atom stereocenters. The molecule has 2 aromatic rings. The van der Waals surface area contributed by atoms with Crippen molar-refractivity contribution in [3.8, 4) is 5.75 Å². The van der Waals surface area contributed by atoms with Gasteiger partial charge in [0, 0.05) is 23.6 Å². The van der Waals surface area contributed by atoms with Crippen LogP contribution in [0.3, 0.4) is 0 Å². The third-order valence-corrected chi connectivity index (χ3v) is 4.55. The number of methoxy groups -OCH3 is 1. The number of hydrogen-bond acceptors (Lipinski definition) is 4. The standard InChI is InChI=1S/C13H16ClN3O2S/c1-9-15-16-13(17(9)2)8-20(18)7-10-4-5-12(19-3)11(14)6-10/h4-6H,7-8H2,1-3H3/t20-/m0/s1. The van der Waals surface area contributed by atoms with Crippen LogP contribution in [0.1, 0.15) is 17.2 Å². The largest absolute Gasteiger partial charge is 0.495 e. The smallest absolute Gasteiger partial charge is 0.145 e. The first kappa shape index (κ1) is 15.0. The van der Waals surface area contributed by atoms with Gasteiger partial charge < -0.3 is 9.30 Å². The molecule has 1 aromatic heterocycles. The summed E-state index contributed by atoms with van der Waals surface area (Å²) in [4.78, 5) is 0. The first-order valence-corrected chi connectivity index (χ1v) is 7.90. The third-order valence-electron chi connectivity index (χ3n) is 3.02. The van der Waals surface area contributed by atoms with Crippen molar-refractivity contribution in [2.75, 3.05) is 7.11 Å². The van der Waals surface area contributed by atoms with Crippen molar-refractivity contribution >= 4 is 22.4 Å². The van der Waals surface area contributed by atoms with Gasteiger partial charge in [0.2, 0.25) is 0 Å². The molecule has 2 rings (SSSR count). The predicted octanol–water partition coefficient (Wildman–Crippen LogP) is 2.23. The number of rotatable bonds is 5. The van der Waals surface area contributed by atoms with E-state index in [0.717, 1.165) is 17.2 Å². The summed E-state index contributed by atoms with van der Waals surface area (Å²) in [5, 5.41) is 8.49. The molecule has 5 nitrogen and oxygen atoms in total. The average Bonchev–Trinajstić information content (AvgIpc) is 2.71. The van der Waals surface area contributed by atoms with E-state index >= 15 is 0 Å². The van der Waals surface area contributed by atoms with Gasteiger partial charge in [-0.25, -0.2) is 0 Å². The van der Waals surface area contributed by atoms with Gasteiger partial charge in [-0.15, -0.1) is 10.2 Å². The summed E-state index contributed by atoms with van der Waals surface area (Å²) < 4.78 is 19.1. The van der Waals surface area contributed by atoms with Gasteiger partial charge in [-0.2, -0.15) is 0 Å². The van der Waals surface area contributed by atoms with Gasteiger partial charge >= 0.3 is 0 Å². The minimum Gasteiger partial charge on any atom is -0.495 e. The lowest BCUT2D eigenvalue weighted by Crippen LogP contribution is -2.06. The van der Waals surface area contributed by atoms with Crippen LogP contribution in [0, 0.1) is 6.92 Å². The molecule has 0 bridgehead atoms. The summed E-state index contributed by atoms with van der Waals surface area (Å²) in [5.41, 5.74) is 0.910. The Hall–Kier alpha value is -1.40. The van der Waals surface area contributed by atoms with E-state index in [1.807, 2.05) is 24.6 Å². The zero-order valence-electron chi connectivity index (χ0n) is 11.6. The molecule has 0 fully saturated rings. The summed E-state index contributed by atoms with van der Waals surface area (Å²) >= 11 is 6.05. The molecule has 0 saturated heterocycles. The highest BCUT2D eigenvalue weighted by atomic mass is 35.5. The van der Waals surface area contributed by atoms with Crippen LogP contribution >= 0.6 is 11.6 Å². The molecule has 0 aliphatic carbocycles. The van der Waals surface area contributed by atoms with Gasteiger partial charge in [0.1, 0.15) is 17.4 Å². The molecular weight excluding hydrogens is 298 g/mol. The number of aromatic nitrogens is 3. The van der Waals surface area contributed by atoms with Crippen molar-refractivity contribution in [1.82, 2.24) is 14.8 Å². The lowest BCUT2D eigenvalue weighted by Gasteiger charge is -2.06. The maximum absolute atomic E-state index is 12.2.